The normalized spacial score (nSPS) is 11.9. The van der Waals surface area contributed by atoms with Gasteiger partial charge in [-0.3, -0.25) is 0 Å². The summed E-state index contributed by atoms with van der Waals surface area (Å²) in [6.45, 7) is 3.72. The first-order chi connectivity index (χ1) is 8.38. The van der Waals surface area contributed by atoms with Crippen molar-refractivity contribution in [1.82, 2.24) is 9.88 Å². The van der Waals surface area contributed by atoms with Gasteiger partial charge in [-0.2, -0.15) is 0 Å². The number of aryl methyl sites for hydroxylation is 2. The second-order valence-electron chi connectivity index (χ2n) is 3.78. The molecule has 5 nitrogen and oxygen atoms in total. The van der Waals surface area contributed by atoms with Gasteiger partial charge < -0.3 is 4.52 Å². The van der Waals surface area contributed by atoms with Crippen LogP contribution in [0.1, 0.15) is 17.0 Å². The van der Waals surface area contributed by atoms with E-state index >= 15 is 0 Å². The second kappa shape index (κ2) is 5.12. The second-order valence-corrected chi connectivity index (χ2v) is 8.14. The van der Waals surface area contributed by atoms with Crippen LogP contribution in [0.5, 0.6) is 0 Å². The molecule has 1 N–H and O–H groups in total. The average Bonchev–Trinajstić information content (AvgIpc) is 2.84. The summed E-state index contributed by atoms with van der Waals surface area (Å²) in [5.41, 5.74) is 1.46. The number of aromatic nitrogens is 1. The van der Waals surface area contributed by atoms with Crippen molar-refractivity contribution in [3.8, 4) is 0 Å². The zero-order valence-corrected chi connectivity index (χ0v) is 12.9. The molecule has 0 amide bonds. The third-order valence-corrected chi connectivity index (χ3v) is 6.23. The molecular formula is C10H11BrN2O3S2. The molecule has 0 aromatic carbocycles. The molecule has 0 aliphatic rings. The van der Waals surface area contributed by atoms with Gasteiger partial charge in [-0.25, -0.2) is 13.1 Å². The third kappa shape index (κ3) is 3.00. The number of nitrogens with zero attached hydrogens (tertiary/aromatic N) is 1. The molecule has 98 valence electrons. The van der Waals surface area contributed by atoms with Gasteiger partial charge in [0.15, 0.2) is 0 Å². The Morgan fingerprint density at radius 2 is 2.17 bits per heavy atom. The van der Waals surface area contributed by atoms with Crippen LogP contribution in [-0.2, 0) is 16.6 Å². The maximum Gasteiger partial charge on any atom is 0.250 e. The summed E-state index contributed by atoms with van der Waals surface area (Å²) in [6.07, 6.45) is 0. The zero-order chi connectivity index (χ0) is 13.3. The number of halogens is 1. The van der Waals surface area contributed by atoms with E-state index in [0.717, 1.165) is 9.35 Å². The van der Waals surface area contributed by atoms with Crippen molar-refractivity contribution in [1.29, 1.82) is 0 Å². The smallest absolute Gasteiger partial charge is 0.250 e. The van der Waals surface area contributed by atoms with Crippen LogP contribution in [0.3, 0.4) is 0 Å². The molecule has 0 aliphatic heterocycles. The first-order valence-electron chi connectivity index (χ1n) is 5.06. The molecule has 8 heteroatoms. The van der Waals surface area contributed by atoms with E-state index in [9.17, 15) is 8.42 Å². The van der Waals surface area contributed by atoms with E-state index in [1.54, 1.807) is 19.1 Å². The third-order valence-electron chi connectivity index (χ3n) is 2.22. The summed E-state index contributed by atoms with van der Waals surface area (Å²) >= 11 is 4.49. The summed E-state index contributed by atoms with van der Waals surface area (Å²) in [5, 5.41) is 3.73. The van der Waals surface area contributed by atoms with Crippen LogP contribution in [0.2, 0.25) is 0 Å². The number of nitrogens with one attached hydrogen (secondary N) is 1. The van der Waals surface area contributed by atoms with Crippen molar-refractivity contribution < 1.29 is 12.9 Å². The highest BCUT2D eigenvalue weighted by molar-refractivity contribution is 9.11. The fourth-order valence-electron chi connectivity index (χ4n) is 1.31. The molecular weight excluding hydrogens is 340 g/mol. The van der Waals surface area contributed by atoms with Crippen LogP contribution in [0.4, 0.5) is 0 Å². The van der Waals surface area contributed by atoms with E-state index in [-0.39, 0.29) is 10.8 Å². The van der Waals surface area contributed by atoms with Crippen LogP contribution >= 0.6 is 27.3 Å². The maximum atomic E-state index is 12.0. The van der Waals surface area contributed by atoms with Crippen molar-refractivity contribution >= 4 is 37.3 Å². The van der Waals surface area contributed by atoms with Gasteiger partial charge in [0.2, 0.25) is 10.0 Å². The molecule has 0 saturated heterocycles. The minimum Gasteiger partial charge on any atom is -0.361 e. The summed E-state index contributed by atoms with van der Waals surface area (Å²) < 4.78 is 32.5. The van der Waals surface area contributed by atoms with Crippen molar-refractivity contribution in [3.63, 3.8) is 0 Å². The lowest BCUT2D eigenvalue weighted by atomic mass is 10.4. The summed E-state index contributed by atoms with van der Waals surface area (Å²) in [5.74, 6) is 0.652. The maximum absolute atomic E-state index is 12.0. The van der Waals surface area contributed by atoms with E-state index in [2.05, 4.69) is 25.8 Å². The minimum absolute atomic E-state index is 0.119. The highest BCUT2D eigenvalue weighted by Gasteiger charge is 2.18. The van der Waals surface area contributed by atoms with Gasteiger partial charge >= 0.3 is 0 Å². The lowest BCUT2D eigenvalue weighted by Gasteiger charge is -2.01. The summed E-state index contributed by atoms with van der Waals surface area (Å²) in [6, 6.07) is 3.32. The lowest BCUT2D eigenvalue weighted by Crippen LogP contribution is -2.22. The fourth-order valence-corrected chi connectivity index (χ4v) is 4.57. The summed E-state index contributed by atoms with van der Waals surface area (Å²) in [7, 11) is -3.49. The molecule has 2 aromatic heterocycles. The van der Waals surface area contributed by atoms with Crippen LogP contribution in [-0.4, -0.2) is 13.6 Å². The Kier molecular flexibility index (Phi) is 3.90. The van der Waals surface area contributed by atoms with Gasteiger partial charge in [-0.1, -0.05) is 5.16 Å². The first kappa shape index (κ1) is 13.7. The first-order valence-corrected chi connectivity index (χ1v) is 8.15. The minimum atomic E-state index is -3.49. The Labute approximate surface area is 117 Å². The van der Waals surface area contributed by atoms with Gasteiger partial charge in [0.25, 0.3) is 0 Å². The molecule has 0 fully saturated rings. The van der Waals surface area contributed by atoms with Gasteiger partial charge in [0.1, 0.15) is 9.97 Å². The summed E-state index contributed by atoms with van der Waals surface area (Å²) in [4.78, 5) is 0. The highest BCUT2D eigenvalue weighted by Crippen LogP contribution is 2.30. The van der Waals surface area contributed by atoms with Crippen LogP contribution in [0, 0.1) is 13.8 Å². The number of sulfonamides is 1. The Morgan fingerprint density at radius 3 is 2.67 bits per heavy atom. The monoisotopic (exact) mass is 350 g/mol. The predicted molar refractivity (Wildman–Crippen MR) is 72.0 cm³/mol. The predicted octanol–water partition coefficient (Wildman–Crippen LogP) is 2.59. The van der Waals surface area contributed by atoms with E-state index in [1.807, 2.05) is 6.92 Å². The molecule has 2 aromatic rings. The molecule has 18 heavy (non-hydrogen) atoms. The standard InChI is InChI=1S/C10H11BrN2O3S2/c1-6-3-9(17-10(6)11)18(14,15)12-5-8-4-7(2)16-13-8/h3-4,12H,5H2,1-2H3. The van der Waals surface area contributed by atoms with Crippen LogP contribution in [0.15, 0.2) is 24.7 Å². The Hall–Kier alpha value is -0.700. The molecule has 0 bridgehead atoms. The Balaban J connectivity index is 2.12. The molecule has 0 radical (unpaired) electrons. The number of rotatable bonds is 4. The largest absolute Gasteiger partial charge is 0.361 e. The topological polar surface area (TPSA) is 72.2 Å². The fraction of sp³-hybridized carbons (Fsp3) is 0.300. The quantitative estimate of drug-likeness (QED) is 0.919. The highest BCUT2D eigenvalue weighted by atomic mass is 79.9. The Bertz CT molecular complexity index is 641. The molecule has 0 spiro atoms. The molecule has 0 aliphatic carbocycles. The van der Waals surface area contributed by atoms with E-state index in [1.165, 1.54) is 11.3 Å². The molecule has 2 rings (SSSR count). The number of hydrogen-bond donors (Lipinski definition) is 1. The van der Waals surface area contributed by atoms with Crippen molar-refractivity contribution in [3.05, 3.63) is 32.9 Å². The molecule has 0 saturated carbocycles. The van der Waals surface area contributed by atoms with E-state index in [0.29, 0.717) is 11.5 Å². The number of hydrogen-bond acceptors (Lipinski definition) is 5. The van der Waals surface area contributed by atoms with Gasteiger partial charge in [-0.15, -0.1) is 11.3 Å². The van der Waals surface area contributed by atoms with Gasteiger partial charge in [0, 0.05) is 6.07 Å². The van der Waals surface area contributed by atoms with Crippen LogP contribution in [0.25, 0.3) is 0 Å². The van der Waals surface area contributed by atoms with E-state index in [4.69, 9.17) is 4.52 Å². The van der Waals surface area contributed by atoms with E-state index < -0.39 is 10.0 Å². The molecule has 0 unspecified atom stereocenters. The van der Waals surface area contributed by atoms with Crippen molar-refractivity contribution in [2.75, 3.05) is 0 Å². The lowest BCUT2D eigenvalue weighted by molar-refractivity contribution is 0.390. The average molecular weight is 351 g/mol. The molecule has 0 atom stereocenters. The Morgan fingerprint density at radius 1 is 1.44 bits per heavy atom. The molecule has 2 heterocycles. The van der Waals surface area contributed by atoms with Gasteiger partial charge in [-0.05, 0) is 41.4 Å². The van der Waals surface area contributed by atoms with Crippen molar-refractivity contribution in [2.45, 2.75) is 24.6 Å². The van der Waals surface area contributed by atoms with Gasteiger partial charge in [0.05, 0.1) is 16.0 Å². The zero-order valence-electron chi connectivity index (χ0n) is 9.73. The van der Waals surface area contributed by atoms with Crippen LogP contribution < -0.4 is 4.72 Å². The number of thiophene rings is 1. The van der Waals surface area contributed by atoms with Crippen molar-refractivity contribution in [2.24, 2.45) is 0 Å². The SMILES string of the molecule is Cc1cc(CNS(=O)(=O)c2cc(C)c(Br)s2)no1.